The first kappa shape index (κ1) is 17.0. The van der Waals surface area contributed by atoms with Crippen LogP contribution in [0.15, 0.2) is 24.3 Å². The second kappa shape index (κ2) is 8.28. The molecule has 0 fully saturated rings. The number of nitrogens with zero attached hydrogens (tertiary/aromatic N) is 1. The van der Waals surface area contributed by atoms with Crippen molar-refractivity contribution < 1.29 is 4.74 Å². The molecule has 0 spiro atoms. The summed E-state index contributed by atoms with van der Waals surface area (Å²) in [5, 5.41) is 0. The lowest BCUT2D eigenvalue weighted by Gasteiger charge is -2.31. The first-order chi connectivity index (χ1) is 9.48. The van der Waals surface area contributed by atoms with E-state index in [-0.39, 0.29) is 5.41 Å². The fourth-order valence-corrected chi connectivity index (χ4v) is 2.26. The Kier molecular flexibility index (Phi) is 7.03. The topological polar surface area (TPSA) is 38.5 Å². The van der Waals surface area contributed by atoms with Crippen LogP contribution in [0.4, 0.5) is 0 Å². The molecule has 0 heterocycles. The monoisotopic (exact) mass is 278 g/mol. The van der Waals surface area contributed by atoms with Crippen molar-refractivity contribution in [2.75, 3.05) is 32.8 Å². The summed E-state index contributed by atoms with van der Waals surface area (Å²) in [7, 11) is 0. The quantitative estimate of drug-likeness (QED) is 0.754. The number of nitrogens with two attached hydrogens (primary N) is 1. The Morgan fingerprint density at radius 3 is 2.50 bits per heavy atom. The normalized spacial score (nSPS) is 11.9. The molecular weight excluding hydrogens is 248 g/mol. The van der Waals surface area contributed by atoms with Crippen LogP contribution in [-0.4, -0.2) is 37.7 Å². The lowest BCUT2D eigenvalue weighted by atomic mass is 9.93. The maximum atomic E-state index is 5.89. The van der Waals surface area contributed by atoms with Gasteiger partial charge in [-0.25, -0.2) is 0 Å². The molecule has 1 aromatic carbocycles. The van der Waals surface area contributed by atoms with Crippen molar-refractivity contribution in [3.8, 4) is 5.75 Å². The second-order valence-electron chi connectivity index (χ2n) is 6.26. The van der Waals surface area contributed by atoms with E-state index >= 15 is 0 Å². The summed E-state index contributed by atoms with van der Waals surface area (Å²) in [5.74, 6) is 0.988. The minimum absolute atomic E-state index is 0.165. The molecule has 0 saturated carbocycles. The number of aryl methyl sites for hydroxylation is 1. The van der Waals surface area contributed by atoms with Crippen LogP contribution in [0, 0.1) is 12.3 Å². The standard InChI is InChI=1S/C17H30N2O/c1-5-10-19(14-17(3,4)13-18)11-12-20-16-9-7-6-8-15(16)2/h6-9H,5,10-14,18H2,1-4H3. The molecule has 0 aromatic heterocycles. The highest BCUT2D eigenvalue weighted by atomic mass is 16.5. The van der Waals surface area contributed by atoms with Crippen LogP contribution in [0.3, 0.4) is 0 Å². The van der Waals surface area contributed by atoms with Crippen molar-refractivity contribution in [2.24, 2.45) is 11.1 Å². The van der Waals surface area contributed by atoms with Crippen LogP contribution in [0.1, 0.15) is 32.8 Å². The summed E-state index contributed by atoms with van der Waals surface area (Å²) in [6.45, 7) is 13.2. The Balaban J connectivity index is 2.45. The fourth-order valence-electron chi connectivity index (χ4n) is 2.26. The van der Waals surface area contributed by atoms with Crippen LogP contribution in [0.2, 0.25) is 0 Å². The zero-order chi connectivity index (χ0) is 15.0. The molecule has 2 N–H and O–H groups in total. The van der Waals surface area contributed by atoms with Crippen LogP contribution in [0.25, 0.3) is 0 Å². The predicted octanol–water partition coefficient (Wildman–Crippen LogP) is 3.07. The Bertz CT molecular complexity index is 390. The van der Waals surface area contributed by atoms with E-state index in [1.807, 2.05) is 18.2 Å². The third-order valence-electron chi connectivity index (χ3n) is 3.50. The van der Waals surface area contributed by atoms with E-state index in [0.29, 0.717) is 6.54 Å². The van der Waals surface area contributed by atoms with Crippen molar-refractivity contribution in [2.45, 2.75) is 34.1 Å². The van der Waals surface area contributed by atoms with Gasteiger partial charge in [-0.1, -0.05) is 39.0 Å². The number of hydrogen-bond donors (Lipinski definition) is 1. The van der Waals surface area contributed by atoms with Crippen LogP contribution in [-0.2, 0) is 0 Å². The van der Waals surface area contributed by atoms with E-state index in [1.165, 1.54) is 5.56 Å². The minimum atomic E-state index is 0.165. The third kappa shape index (κ3) is 5.93. The number of benzene rings is 1. The zero-order valence-corrected chi connectivity index (χ0v) is 13.5. The Hall–Kier alpha value is -1.06. The molecule has 0 amide bonds. The molecule has 0 aliphatic carbocycles. The first-order valence-electron chi connectivity index (χ1n) is 7.59. The van der Waals surface area contributed by atoms with Gasteiger partial charge in [0.1, 0.15) is 12.4 Å². The van der Waals surface area contributed by atoms with Gasteiger partial charge in [0.15, 0.2) is 0 Å². The van der Waals surface area contributed by atoms with E-state index in [9.17, 15) is 0 Å². The summed E-state index contributed by atoms with van der Waals surface area (Å²) in [4.78, 5) is 2.45. The van der Waals surface area contributed by atoms with Gasteiger partial charge in [0.2, 0.25) is 0 Å². The van der Waals surface area contributed by atoms with Gasteiger partial charge in [0.05, 0.1) is 0 Å². The molecular formula is C17H30N2O. The third-order valence-corrected chi connectivity index (χ3v) is 3.50. The average Bonchev–Trinajstić information content (AvgIpc) is 2.41. The van der Waals surface area contributed by atoms with E-state index in [1.54, 1.807) is 0 Å². The van der Waals surface area contributed by atoms with Crippen LogP contribution < -0.4 is 10.5 Å². The molecule has 0 radical (unpaired) electrons. The van der Waals surface area contributed by atoms with Crippen molar-refractivity contribution in [3.63, 3.8) is 0 Å². The lowest BCUT2D eigenvalue weighted by molar-refractivity contribution is 0.154. The molecule has 0 unspecified atom stereocenters. The molecule has 0 saturated heterocycles. The number of hydrogen-bond acceptors (Lipinski definition) is 3. The summed E-state index contributed by atoms with van der Waals surface area (Å²) in [5.41, 5.74) is 7.19. The lowest BCUT2D eigenvalue weighted by Crippen LogP contribution is -2.40. The highest BCUT2D eigenvalue weighted by molar-refractivity contribution is 5.31. The predicted molar refractivity (Wildman–Crippen MR) is 86.2 cm³/mol. The van der Waals surface area contributed by atoms with Gasteiger partial charge in [-0.15, -0.1) is 0 Å². The number of para-hydroxylation sites is 1. The summed E-state index contributed by atoms with van der Waals surface area (Å²) >= 11 is 0. The zero-order valence-electron chi connectivity index (χ0n) is 13.5. The molecule has 0 bridgehead atoms. The van der Waals surface area contributed by atoms with Gasteiger partial charge in [-0.3, -0.25) is 4.90 Å². The summed E-state index contributed by atoms with van der Waals surface area (Å²) in [6, 6.07) is 8.17. The van der Waals surface area contributed by atoms with Gasteiger partial charge < -0.3 is 10.5 Å². The number of rotatable bonds is 9. The maximum Gasteiger partial charge on any atom is 0.122 e. The molecule has 1 rings (SSSR count). The highest BCUT2D eigenvalue weighted by Gasteiger charge is 2.19. The van der Waals surface area contributed by atoms with Crippen molar-refractivity contribution in [1.29, 1.82) is 0 Å². The molecule has 0 aliphatic rings. The van der Waals surface area contributed by atoms with Gasteiger partial charge in [0.25, 0.3) is 0 Å². The van der Waals surface area contributed by atoms with Gasteiger partial charge in [-0.2, -0.15) is 0 Å². The molecule has 3 nitrogen and oxygen atoms in total. The SMILES string of the molecule is CCCN(CCOc1ccccc1C)CC(C)(C)CN. The first-order valence-corrected chi connectivity index (χ1v) is 7.59. The van der Waals surface area contributed by atoms with Gasteiger partial charge in [0, 0.05) is 13.1 Å². The van der Waals surface area contributed by atoms with Crippen LogP contribution >= 0.6 is 0 Å². The van der Waals surface area contributed by atoms with E-state index in [4.69, 9.17) is 10.5 Å². The minimum Gasteiger partial charge on any atom is -0.492 e. The van der Waals surface area contributed by atoms with Crippen molar-refractivity contribution in [1.82, 2.24) is 4.90 Å². The fraction of sp³-hybridized carbons (Fsp3) is 0.647. The molecule has 3 heteroatoms. The maximum absolute atomic E-state index is 5.89. The van der Waals surface area contributed by atoms with Crippen molar-refractivity contribution in [3.05, 3.63) is 29.8 Å². The van der Waals surface area contributed by atoms with Crippen molar-refractivity contribution >= 4 is 0 Å². The van der Waals surface area contributed by atoms with Gasteiger partial charge in [-0.05, 0) is 43.5 Å². The molecule has 0 atom stereocenters. The largest absolute Gasteiger partial charge is 0.492 e. The summed E-state index contributed by atoms with van der Waals surface area (Å²) in [6.07, 6.45) is 1.16. The smallest absolute Gasteiger partial charge is 0.122 e. The Morgan fingerprint density at radius 1 is 1.20 bits per heavy atom. The van der Waals surface area contributed by atoms with E-state index < -0.39 is 0 Å². The Morgan fingerprint density at radius 2 is 1.90 bits per heavy atom. The van der Waals surface area contributed by atoms with Gasteiger partial charge >= 0.3 is 0 Å². The second-order valence-corrected chi connectivity index (χ2v) is 6.26. The highest BCUT2D eigenvalue weighted by Crippen LogP contribution is 2.17. The van der Waals surface area contributed by atoms with Crippen LogP contribution in [0.5, 0.6) is 5.75 Å². The summed E-state index contributed by atoms with van der Waals surface area (Å²) < 4.78 is 5.89. The molecule has 0 aliphatic heterocycles. The molecule has 20 heavy (non-hydrogen) atoms. The molecule has 1 aromatic rings. The molecule has 114 valence electrons. The number of ether oxygens (including phenoxy) is 1. The van der Waals surface area contributed by atoms with E-state index in [0.717, 1.165) is 38.4 Å². The Labute approximate surface area is 124 Å². The van der Waals surface area contributed by atoms with E-state index in [2.05, 4.69) is 38.7 Å². The average molecular weight is 278 g/mol.